The lowest BCUT2D eigenvalue weighted by Gasteiger charge is -2.01. The third-order valence-electron chi connectivity index (χ3n) is 3.80. The molecule has 0 bridgehead atoms. The van der Waals surface area contributed by atoms with E-state index in [9.17, 15) is 4.79 Å². The first kappa shape index (κ1) is 14.3. The van der Waals surface area contributed by atoms with Crippen molar-refractivity contribution < 1.29 is 4.52 Å². The molecule has 4 aromatic rings. The van der Waals surface area contributed by atoms with Crippen LogP contribution in [0.5, 0.6) is 0 Å². The van der Waals surface area contributed by atoms with Crippen molar-refractivity contribution in [1.82, 2.24) is 29.5 Å². The maximum Gasteiger partial charge on any atom is 0.264 e. The summed E-state index contributed by atoms with van der Waals surface area (Å²) < 4.78 is 8.28. The van der Waals surface area contributed by atoms with Crippen LogP contribution in [0.4, 0.5) is 0 Å². The van der Waals surface area contributed by atoms with Gasteiger partial charge in [0.05, 0.1) is 12.7 Å². The van der Waals surface area contributed by atoms with E-state index >= 15 is 0 Å². The Morgan fingerprint density at radius 1 is 1.21 bits per heavy atom. The molecule has 120 valence electrons. The van der Waals surface area contributed by atoms with Crippen molar-refractivity contribution in [2.45, 2.75) is 13.5 Å². The summed E-state index contributed by atoms with van der Waals surface area (Å²) in [7, 11) is 1.74. The average molecular weight is 322 g/mol. The zero-order valence-corrected chi connectivity index (χ0v) is 13.2. The summed E-state index contributed by atoms with van der Waals surface area (Å²) >= 11 is 0. The fourth-order valence-corrected chi connectivity index (χ4v) is 2.46. The first-order chi connectivity index (χ1) is 11.6. The molecule has 0 unspecified atom stereocenters. The van der Waals surface area contributed by atoms with E-state index in [0.29, 0.717) is 22.7 Å². The maximum atomic E-state index is 12.4. The van der Waals surface area contributed by atoms with Gasteiger partial charge in [0.25, 0.3) is 11.4 Å². The molecule has 0 aliphatic heterocycles. The van der Waals surface area contributed by atoms with Crippen LogP contribution in [0.2, 0.25) is 0 Å². The molecule has 3 aromatic heterocycles. The quantitative estimate of drug-likeness (QED) is 0.568. The van der Waals surface area contributed by atoms with Crippen LogP contribution in [0.15, 0.2) is 46.1 Å². The standard InChI is InChI=1S/C16H14N6O2/c1-10-3-5-11(6-4-10)15-19-13(20-24-15)8-22-9-17-14-12(16(22)23)7-18-21(14)2/h3-7,9H,8H2,1-2H3. The van der Waals surface area contributed by atoms with Gasteiger partial charge >= 0.3 is 0 Å². The largest absolute Gasteiger partial charge is 0.334 e. The zero-order valence-electron chi connectivity index (χ0n) is 13.2. The van der Waals surface area contributed by atoms with Crippen LogP contribution in [0.25, 0.3) is 22.5 Å². The van der Waals surface area contributed by atoms with E-state index in [4.69, 9.17) is 4.52 Å². The van der Waals surface area contributed by atoms with Crippen molar-refractivity contribution >= 4 is 11.0 Å². The summed E-state index contributed by atoms with van der Waals surface area (Å²) in [6.07, 6.45) is 2.98. The number of hydrogen-bond acceptors (Lipinski definition) is 6. The van der Waals surface area contributed by atoms with Crippen molar-refractivity contribution in [3.63, 3.8) is 0 Å². The van der Waals surface area contributed by atoms with Gasteiger partial charge in [-0.05, 0) is 19.1 Å². The van der Waals surface area contributed by atoms with Crippen LogP contribution in [-0.2, 0) is 13.6 Å². The van der Waals surface area contributed by atoms with Gasteiger partial charge in [0.15, 0.2) is 11.5 Å². The van der Waals surface area contributed by atoms with Crippen molar-refractivity contribution in [2.24, 2.45) is 7.05 Å². The topological polar surface area (TPSA) is 91.6 Å². The Hall–Kier alpha value is -3.29. The summed E-state index contributed by atoms with van der Waals surface area (Å²) in [5.74, 6) is 0.839. The SMILES string of the molecule is Cc1ccc(-c2nc(Cn3cnc4c(cnn4C)c3=O)no2)cc1. The average Bonchev–Trinajstić information content (AvgIpc) is 3.19. The molecule has 4 rings (SSSR count). The van der Waals surface area contributed by atoms with Crippen molar-refractivity contribution in [2.75, 3.05) is 0 Å². The maximum absolute atomic E-state index is 12.4. The van der Waals surface area contributed by atoms with Crippen LogP contribution in [0, 0.1) is 6.92 Å². The number of aromatic nitrogens is 6. The Morgan fingerprint density at radius 2 is 2.00 bits per heavy atom. The van der Waals surface area contributed by atoms with Crippen LogP contribution in [0.3, 0.4) is 0 Å². The first-order valence-electron chi connectivity index (χ1n) is 7.38. The molecule has 0 saturated heterocycles. The summed E-state index contributed by atoms with van der Waals surface area (Å²) in [5.41, 5.74) is 2.35. The van der Waals surface area contributed by atoms with Gasteiger partial charge in [-0.2, -0.15) is 10.1 Å². The number of nitrogens with zero attached hydrogens (tertiary/aromatic N) is 6. The van der Waals surface area contributed by atoms with Crippen molar-refractivity contribution in [3.05, 3.63) is 58.5 Å². The lowest BCUT2D eigenvalue weighted by molar-refractivity contribution is 0.420. The van der Waals surface area contributed by atoms with Gasteiger partial charge in [-0.25, -0.2) is 4.98 Å². The lowest BCUT2D eigenvalue weighted by Crippen LogP contribution is -2.21. The van der Waals surface area contributed by atoms with Gasteiger partial charge in [-0.1, -0.05) is 22.9 Å². The smallest absolute Gasteiger partial charge is 0.264 e. The molecule has 0 amide bonds. The minimum Gasteiger partial charge on any atom is -0.334 e. The van der Waals surface area contributed by atoms with Gasteiger partial charge in [0, 0.05) is 12.6 Å². The molecule has 0 N–H and O–H groups in total. The normalized spacial score (nSPS) is 11.2. The monoisotopic (exact) mass is 322 g/mol. The predicted octanol–water partition coefficient (Wildman–Crippen LogP) is 1.54. The molecule has 0 aliphatic rings. The second kappa shape index (κ2) is 5.41. The van der Waals surface area contributed by atoms with Crippen molar-refractivity contribution in [1.29, 1.82) is 0 Å². The van der Waals surface area contributed by atoms with Crippen LogP contribution >= 0.6 is 0 Å². The molecule has 3 heterocycles. The fraction of sp³-hybridized carbons (Fsp3) is 0.188. The van der Waals surface area contributed by atoms with Gasteiger partial charge < -0.3 is 4.52 Å². The van der Waals surface area contributed by atoms with Gasteiger partial charge in [0.2, 0.25) is 0 Å². The molecule has 1 aromatic carbocycles. The molecule has 0 atom stereocenters. The van der Waals surface area contributed by atoms with E-state index in [1.807, 2.05) is 31.2 Å². The summed E-state index contributed by atoms with van der Waals surface area (Å²) in [4.78, 5) is 21.0. The molecule has 0 radical (unpaired) electrons. The summed E-state index contributed by atoms with van der Waals surface area (Å²) in [6, 6.07) is 7.79. The Kier molecular flexibility index (Phi) is 3.23. The highest BCUT2D eigenvalue weighted by molar-refractivity contribution is 5.72. The number of rotatable bonds is 3. The van der Waals surface area contributed by atoms with Gasteiger partial charge in [-0.3, -0.25) is 14.0 Å². The molecule has 24 heavy (non-hydrogen) atoms. The van der Waals surface area contributed by atoms with E-state index in [1.54, 1.807) is 11.7 Å². The minimum atomic E-state index is -0.185. The van der Waals surface area contributed by atoms with E-state index in [0.717, 1.165) is 11.1 Å². The molecule has 0 saturated carbocycles. The molecule has 0 aliphatic carbocycles. The lowest BCUT2D eigenvalue weighted by atomic mass is 10.1. The Labute approximate surface area is 136 Å². The molecular weight excluding hydrogens is 308 g/mol. The molecule has 8 heteroatoms. The van der Waals surface area contributed by atoms with E-state index < -0.39 is 0 Å². The van der Waals surface area contributed by atoms with Crippen LogP contribution < -0.4 is 5.56 Å². The molecule has 0 fully saturated rings. The Morgan fingerprint density at radius 3 is 2.79 bits per heavy atom. The number of hydrogen-bond donors (Lipinski definition) is 0. The molecular formula is C16H14N6O2. The highest BCUT2D eigenvalue weighted by Gasteiger charge is 2.12. The highest BCUT2D eigenvalue weighted by Crippen LogP contribution is 2.17. The van der Waals surface area contributed by atoms with E-state index in [2.05, 4.69) is 20.2 Å². The molecule has 0 spiro atoms. The second-order valence-corrected chi connectivity index (χ2v) is 5.56. The summed E-state index contributed by atoms with van der Waals surface area (Å²) in [6.45, 7) is 2.20. The number of fused-ring (bicyclic) bond motifs is 1. The van der Waals surface area contributed by atoms with Crippen LogP contribution in [0.1, 0.15) is 11.4 Å². The Bertz CT molecular complexity index is 1070. The van der Waals surface area contributed by atoms with Gasteiger partial charge in [0.1, 0.15) is 11.7 Å². The Balaban J connectivity index is 1.65. The van der Waals surface area contributed by atoms with Crippen molar-refractivity contribution in [3.8, 4) is 11.5 Å². The minimum absolute atomic E-state index is 0.185. The first-order valence-corrected chi connectivity index (χ1v) is 7.38. The summed E-state index contributed by atoms with van der Waals surface area (Å²) in [5, 5.41) is 8.45. The third kappa shape index (κ3) is 2.37. The van der Waals surface area contributed by atoms with E-state index in [1.165, 1.54) is 17.1 Å². The molecule has 8 nitrogen and oxygen atoms in total. The van der Waals surface area contributed by atoms with Crippen LogP contribution in [-0.4, -0.2) is 29.5 Å². The van der Waals surface area contributed by atoms with Gasteiger partial charge in [-0.15, -0.1) is 0 Å². The fourth-order valence-electron chi connectivity index (χ4n) is 2.46. The number of benzene rings is 1. The zero-order chi connectivity index (χ0) is 16.7. The van der Waals surface area contributed by atoms with E-state index in [-0.39, 0.29) is 12.1 Å². The highest BCUT2D eigenvalue weighted by atomic mass is 16.5. The number of aryl methyl sites for hydroxylation is 2. The second-order valence-electron chi connectivity index (χ2n) is 5.56. The third-order valence-corrected chi connectivity index (χ3v) is 3.80. The predicted molar refractivity (Wildman–Crippen MR) is 86.3 cm³/mol.